The first-order valence-corrected chi connectivity index (χ1v) is 12.0. The number of amides is 1. The van der Waals surface area contributed by atoms with Crippen molar-refractivity contribution in [3.8, 4) is 17.0 Å². The molecule has 0 N–H and O–H groups in total. The third-order valence-electron chi connectivity index (χ3n) is 7.43. The predicted molar refractivity (Wildman–Crippen MR) is 126 cm³/mol. The average Bonchev–Trinajstić information content (AvgIpc) is 3.30. The Kier molecular flexibility index (Phi) is 6.10. The molecular formula is C25H33N5O3. The number of piperazine rings is 1. The van der Waals surface area contributed by atoms with Crippen molar-refractivity contribution < 1.29 is 14.3 Å². The quantitative estimate of drug-likeness (QED) is 0.691. The summed E-state index contributed by atoms with van der Waals surface area (Å²) in [4.78, 5) is 28.0. The molecule has 1 aliphatic carbocycles. The smallest absolute Gasteiger partial charge is 0.409 e. The summed E-state index contributed by atoms with van der Waals surface area (Å²) in [6, 6.07) is 8.65. The maximum absolute atomic E-state index is 12.0. The normalized spacial score (nSPS) is 22.3. The van der Waals surface area contributed by atoms with Gasteiger partial charge in [-0.1, -0.05) is 0 Å². The molecule has 0 aromatic carbocycles. The largest absolute Gasteiger partial charge is 0.481 e. The zero-order chi connectivity index (χ0) is 22.8. The lowest BCUT2D eigenvalue weighted by Gasteiger charge is -2.48. The highest BCUT2D eigenvalue weighted by Crippen LogP contribution is 2.47. The van der Waals surface area contributed by atoms with Gasteiger partial charge < -0.3 is 19.3 Å². The van der Waals surface area contributed by atoms with Crippen LogP contribution in [0.5, 0.6) is 5.88 Å². The van der Waals surface area contributed by atoms with E-state index in [0.29, 0.717) is 23.9 Å². The van der Waals surface area contributed by atoms with Crippen LogP contribution in [0, 0.1) is 5.41 Å². The first-order valence-electron chi connectivity index (χ1n) is 12.0. The van der Waals surface area contributed by atoms with Crippen LogP contribution in [0.3, 0.4) is 0 Å². The monoisotopic (exact) mass is 451 g/mol. The minimum Gasteiger partial charge on any atom is -0.481 e. The van der Waals surface area contributed by atoms with E-state index in [1.807, 2.05) is 42.4 Å². The molecule has 5 rings (SSSR count). The molecule has 2 saturated heterocycles. The molecule has 1 atom stereocenters. The first-order chi connectivity index (χ1) is 16.1. The van der Waals surface area contributed by atoms with E-state index in [1.54, 1.807) is 7.11 Å². The van der Waals surface area contributed by atoms with Crippen LogP contribution in [0.25, 0.3) is 11.1 Å². The SMILES string of the molecule is CCOC(=O)N1CC2(CC[C@@H](N3CCN(c4ncccc4-c4ccc(OC)nc4)CC3)C2)C1. The lowest BCUT2D eigenvalue weighted by molar-refractivity contribution is -0.00294. The van der Waals surface area contributed by atoms with Gasteiger partial charge in [0.2, 0.25) is 5.88 Å². The summed E-state index contributed by atoms with van der Waals surface area (Å²) in [5, 5.41) is 0. The summed E-state index contributed by atoms with van der Waals surface area (Å²) in [5.41, 5.74) is 2.47. The van der Waals surface area contributed by atoms with E-state index in [0.717, 1.165) is 56.2 Å². The molecule has 4 heterocycles. The Balaban J connectivity index is 1.18. The molecule has 8 nitrogen and oxygen atoms in total. The second-order valence-corrected chi connectivity index (χ2v) is 9.44. The van der Waals surface area contributed by atoms with Gasteiger partial charge in [-0.3, -0.25) is 4.90 Å². The third-order valence-corrected chi connectivity index (χ3v) is 7.43. The molecule has 2 aliphatic heterocycles. The molecule has 3 fully saturated rings. The summed E-state index contributed by atoms with van der Waals surface area (Å²) < 4.78 is 10.4. The van der Waals surface area contributed by atoms with E-state index < -0.39 is 0 Å². The number of rotatable bonds is 5. The number of hydrogen-bond acceptors (Lipinski definition) is 7. The number of aromatic nitrogens is 2. The molecule has 2 aromatic rings. The molecule has 0 bridgehead atoms. The van der Waals surface area contributed by atoms with Gasteiger partial charge in [0.25, 0.3) is 0 Å². The highest BCUT2D eigenvalue weighted by molar-refractivity contribution is 5.75. The maximum atomic E-state index is 12.0. The maximum Gasteiger partial charge on any atom is 0.409 e. The van der Waals surface area contributed by atoms with E-state index >= 15 is 0 Å². The van der Waals surface area contributed by atoms with E-state index in [1.165, 1.54) is 19.3 Å². The molecule has 1 amide bonds. The minimum absolute atomic E-state index is 0.154. The molecular weight excluding hydrogens is 418 g/mol. The third kappa shape index (κ3) is 4.36. The van der Waals surface area contributed by atoms with Crippen LogP contribution < -0.4 is 9.64 Å². The van der Waals surface area contributed by atoms with Crippen molar-refractivity contribution in [2.75, 3.05) is 57.9 Å². The first kappa shape index (κ1) is 21.9. The molecule has 3 aliphatic rings. The number of ether oxygens (including phenoxy) is 2. The Labute approximate surface area is 195 Å². The fraction of sp³-hybridized carbons (Fsp3) is 0.560. The van der Waals surface area contributed by atoms with E-state index in [9.17, 15) is 4.79 Å². The van der Waals surface area contributed by atoms with Gasteiger partial charge in [0, 0.05) is 80.3 Å². The van der Waals surface area contributed by atoms with Crippen molar-refractivity contribution in [1.82, 2.24) is 19.8 Å². The van der Waals surface area contributed by atoms with Crippen LogP contribution in [0.15, 0.2) is 36.7 Å². The number of likely N-dealkylation sites (tertiary alicyclic amines) is 1. The zero-order valence-corrected chi connectivity index (χ0v) is 19.6. The van der Waals surface area contributed by atoms with Crippen molar-refractivity contribution in [1.29, 1.82) is 0 Å². The molecule has 176 valence electrons. The summed E-state index contributed by atoms with van der Waals surface area (Å²) in [5.74, 6) is 1.64. The number of anilines is 1. The average molecular weight is 452 g/mol. The molecule has 0 radical (unpaired) electrons. The van der Waals surface area contributed by atoms with Crippen LogP contribution in [0.4, 0.5) is 10.6 Å². The Morgan fingerprint density at radius 1 is 1.15 bits per heavy atom. The van der Waals surface area contributed by atoms with Crippen molar-refractivity contribution in [2.45, 2.75) is 32.2 Å². The molecule has 2 aromatic heterocycles. The van der Waals surface area contributed by atoms with Crippen LogP contribution in [0.1, 0.15) is 26.2 Å². The highest BCUT2D eigenvalue weighted by Gasteiger charge is 2.51. The van der Waals surface area contributed by atoms with E-state index in [4.69, 9.17) is 14.5 Å². The van der Waals surface area contributed by atoms with Gasteiger partial charge >= 0.3 is 6.09 Å². The molecule has 0 unspecified atom stereocenters. The fourth-order valence-corrected chi connectivity index (χ4v) is 5.72. The summed E-state index contributed by atoms with van der Waals surface area (Å²) >= 11 is 0. The fourth-order valence-electron chi connectivity index (χ4n) is 5.72. The summed E-state index contributed by atoms with van der Waals surface area (Å²) in [6.45, 7) is 8.03. The standard InChI is InChI=1S/C25H33N5O3/c1-3-33-24(31)30-17-25(18-30)9-8-20(15-25)28-11-13-29(14-12-28)23-21(5-4-10-26-23)19-6-7-22(32-2)27-16-19/h4-7,10,16,20H,3,8-9,11-15,17-18H2,1-2H3/t20-/m1/s1. The van der Waals surface area contributed by atoms with Gasteiger partial charge in [0.05, 0.1) is 13.7 Å². The number of hydrogen-bond donors (Lipinski definition) is 0. The van der Waals surface area contributed by atoms with Gasteiger partial charge in [0.15, 0.2) is 0 Å². The Hall–Kier alpha value is -2.87. The van der Waals surface area contributed by atoms with E-state index in [2.05, 4.69) is 20.9 Å². The summed E-state index contributed by atoms with van der Waals surface area (Å²) in [6.07, 6.45) is 7.19. The van der Waals surface area contributed by atoms with Crippen molar-refractivity contribution >= 4 is 11.9 Å². The van der Waals surface area contributed by atoms with Crippen molar-refractivity contribution in [3.05, 3.63) is 36.7 Å². The molecule has 1 spiro atoms. The van der Waals surface area contributed by atoms with Crippen molar-refractivity contribution in [2.24, 2.45) is 5.41 Å². The number of nitrogens with zero attached hydrogens (tertiary/aromatic N) is 5. The predicted octanol–water partition coefficient (Wildman–Crippen LogP) is 3.29. The Morgan fingerprint density at radius 3 is 2.67 bits per heavy atom. The van der Waals surface area contributed by atoms with Crippen LogP contribution in [-0.2, 0) is 4.74 Å². The lowest BCUT2D eigenvalue weighted by atomic mass is 9.78. The second kappa shape index (κ2) is 9.17. The zero-order valence-electron chi connectivity index (χ0n) is 19.6. The highest BCUT2D eigenvalue weighted by atomic mass is 16.6. The topological polar surface area (TPSA) is 71.0 Å². The van der Waals surface area contributed by atoms with Gasteiger partial charge in [-0.05, 0) is 44.4 Å². The number of carbonyl (C=O) groups is 1. The Bertz CT molecular complexity index is 968. The van der Waals surface area contributed by atoms with Gasteiger partial charge in [-0.25, -0.2) is 14.8 Å². The molecule has 33 heavy (non-hydrogen) atoms. The van der Waals surface area contributed by atoms with Gasteiger partial charge in [-0.15, -0.1) is 0 Å². The van der Waals surface area contributed by atoms with Gasteiger partial charge in [0.1, 0.15) is 5.82 Å². The minimum atomic E-state index is -0.154. The van der Waals surface area contributed by atoms with Crippen LogP contribution in [-0.4, -0.2) is 84.9 Å². The lowest BCUT2D eigenvalue weighted by Crippen LogP contribution is -2.58. The van der Waals surface area contributed by atoms with E-state index in [-0.39, 0.29) is 6.09 Å². The van der Waals surface area contributed by atoms with Crippen LogP contribution in [0.2, 0.25) is 0 Å². The number of carbonyl (C=O) groups excluding carboxylic acids is 1. The Morgan fingerprint density at radius 2 is 1.97 bits per heavy atom. The molecule has 8 heteroatoms. The second-order valence-electron chi connectivity index (χ2n) is 9.44. The van der Waals surface area contributed by atoms with Crippen LogP contribution >= 0.6 is 0 Å². The van der Waals surface area contributed by atoms with Gasteiger partial charge in [-0.2, -0.15) is 0 Å². The number of methoxy groups -OCH3 is 1. The summed E-state index contributed by atoms with van der Waals surface area (Å²) in [7, 11) is 1.63. The van der Waals surface area contributed by atoms with Crippen molar-refractivity contribution in [3.63, 3.8) is 0 Å². The number of pyridine rings is 2. The molecule has 1 saturated carbocycles.